The summed E-state index contributed by atoms with van der Waals surface area (Å²) >= 11 is 0. The quantitative estimate of drug-likeness (QED) is 0.0211. The van der Waals surface area contributed by atoms with Gasteiger partial charge in [0.25, 0.3) is 0 Å². The Morgan fingerprint density at radius 1 is 0.356 bits per heavy atom. The second-order valence-electron chi connectivity index (χ2n) is 25.9. The minimum absolute atomic E-state index is 0.0289. The van der Waals surface area contributed by atoms with Crippen LogP contribution in [0, 0.1) is 0 Å². The predicted octanol–water partition coefficient (Wildman–Crippen LogP) is 24.6. The van der Waals surface area contributed by atoms with Gasteiger partial charge in [0.15, 0.2) is 6.10 Å². The van der Waals surface area contributed by atoms with Gasteiger partial charge in [0.2, 0.25) is 0 Å². The van der Waals surface area contributed by atoms with Crippen molar-refractivity contribution in [3.8, 4) is 0 Å². The van der Waals surface area contributed by atoms with Crippen LogP contribution in [0.15, 0.2) is 122 Å². The molecule has 0 rings (SSSR count). The summed E-state index contributed by atoms with van der Waals surface area (Å²) in [5, 5.41) is 0. The molecule has 0 aromatic carbocycles. The van der Waals surface area contributed by atoms with E-state index in [2.05, 4.69) is 135 Å². The van der Waals surface area contributed by atoms with Crippen molar-refractivity contribution in [2.24, 2.45) is 0 Å². The summed E-state index contributed by atoms with van der Waals surface area (Å²) in [6.45, 7) is 4.34. The zero-order chi connectivity index (χ0) is 65.5. The Kier molecular flexibility index (Phi) is 67.0. The number of carbonyl (C=O) groups is 2. The van der Waals surface area contributed by atoms with Gasteiger partial charge in [-0.05, 0) is 109 Å². The van der Waals surface area contributed by atoms with Crippen LogP contribution in [0.2, 0.25) is 0 Å². The van der Waals surface area contributed by atoms with Gasteiger partial charge in [-0.15, -0.1) is 0 Å². The second-order valence-corrected chi connectivity index (χ2v) is 27.4. The Bertz CT molecular complexity index is 1940. The Labute approximate surface area is 556 Å². The molecule has 1 N–H and O–H groups in total. The van der Waals surface area contributed by atoms with Crippen molar-refractivity contribution < 1.29 is 42.1 Å². The number of carbonyl (C=O) groups excluding carboxylic acids is 2. The number of nitrogens with zero attached hydrogens (tertiary/aromatic N) is 1. The van der Waals surface area contributed by atoms with Crippen molar-refractivity contribution >= 4 is 19.8 Å². The van der Waals surface area contributed by atoms with Gasteiger partial charge in [-0.25, -0.2) is 4.57 Å². The third-order valence-electron chi connectivity index (χ3n) is 16.0. The first-order valence-corrected chi connectivity index (χ1v) is 38.8. The summed E-state index contributed by atoms with van der Waals surface area (Å²) < 4.78 is 34.8. The van der Waals surface area contributed by atoms with Gasteiger partial charge in [-0.3, -0.25) is 18.6 Å². The van der Waals surface area contributed by atoms with Crippen LogP contribution in [0.25, 0.3) is 0 Å². The zero-order valence-corrected chi connectivity index (χ0v) is 60.0. The first-order chi connectivity index (χ1) is 44.0. The summed E-state index contributed by atoms with van der Waals surface area (Å²) in [7, 11) is 1.48. The lowest BCUT2D eigenvalue weighted by Crippen LogP contribution is -2.37. The van der Waals surface area contributed by atoms with Crippen molar-refractivity contribution in [1.82, 2.24) is 0 Å². The molecule has 0 aromatic rings. The fourth-order valence-electron chi connectivity index (χ4n) is 10.3. The van der Waals surface area contributed by atoms with Gasteiger partial charge < -0.3 is 18.9 Å². The van der Waals surface area contributed by atoms with E-state index < -0.39 is 26.5 Å². The van der Waals surface area contributed by atoms with E-state index in [0.717, 1.165) is 96.3 Å². The largest absolute Gasteiger partial charge is 0.472 e. The molecule has 9 nitrogen and oxygen atoms in total. The number of phosphoric ester groups is 1. The molecule has 0 bridgehead atoms. The molecule has 0 radical (unpaired) electrons. The topological polar surface area (TPSA) is 108 Å². The van der Waals surface area contributed by atoms with E-state index in [1.54, 1.807) is 0 Å². The molecule has 10 heteroatoms. The first kappa shape index (κ1) is 86.4. The fourth-order valence-corrected chi connectivity index (χ4v) is 11.0. The Balaban J connectivity index is 4.00. The number of ether oxygens (including phenoxy) is 2. The maximum Gasteiger partial charge on any atom is 0.472 e. The van der Waals surface area contributed by atoms with Gasteiger partial charge in [0.1, 0.15) is 19.8 Å². The van der Waals surface area contributed by atoms with Crippen LogP contribution >= 0.6 is 7.82 Å². The van der Waals surface area contributed by atoms with Crippen molar-refractivity contribution in [3.63, 3.8) is 0 Å². The molecule has 90 heavy (non-hydrogen) atoms. The van der Waals surface area contributed by atoms with E-state index in [0.29, 0.717) is 17.4 Å². The van der Waals surface area contributed by atoms with Crippen LogP contribution in [0.5, 0.6) is 0 Å². The third-order valence-corrected chi connectivity index (χ3v) is 17.0. The van der Waals surface area contributed by atoms with Crippen molar-refractivity contribution in [1.29, 1.82) is 0 Å². The monoisotopic (exact) mass is 1280 g/mol. The fraction of sp³-hybridized carbons (Fsp3) is 0.725. The lowest BCUT2D eigenvalue weighted by atomic mass is 10.0. The van der Waals surface area contributed by atoms with Crippen LogP contribution in [0.3, 0.4) is 0 Å². The number of quaternary nitrogens is 1. The lowest BCUT2D eigenvalue weighted by molar-refractivity contribution is -0.870. The van der Waals surface area contributed by atoms with E-state index in [4.69, 9.17) is 18.5 Å². The highest BCUT2D eigenvalue weighted by molar-refractivity contribution is 7.47. The lowest BCUT2D eigenvalue weighted by Gasteiger charge is -2.24. The van der Waals surface area contributed by atoms with E-state index in [-0.39, 0.29) is 32.0 Å². The molecule has 0 aliphatic rings. The highest BCUT2D eigenvalue weighted by Gasteiger charge is 2.27. The maximum atomic E-state index is 12.9. The Hall–Kier alpha value is -3.59. The molecule has 2 atom stereocenters. The molecule has 0 fully saturated rings. The Morgan fingerprint density at radius 3 is 0.944 bits per heavy atom. The molecular formula is C80H141NO8P+. The third kappa shape index (κ3) is 73.5. The number of hydrogen-bond donors (Lipinski definition) is 1. The summed E-state index contributed by atoms with van der Waals surface area (Å²) in [5.41, 5.74) is 0. The average Bonchev–Trinajstić information content (AvgIpc) is 3.62. The molecule has 0 heterocycles. The average molecular weight is 1280 g/mol. The molecule has 0 aromatic heterocycles. The molecule has 0 aliphatic carbocycles. The summed E-state index contributed by atoms with van der Waals surface area (Å²) in [4.78, 5) is 35.9. The van der Waals surface area contributed by atoms with Crippen LogP contribution in [0.1, 0.15) is 322 Å². The predicted molar refractivity (Wildman–Crippen MR) is 390 cm³/mol. The molecule has 0 amide bonds. The van der Waals surface area contributed by atoms with Gasteiger partial charge in [-0.1, -0.05) is 322 Å². The molecule has 0 saturated carbocycles. The standard InChI is InChI=1S/C80H140NO8P/c1-6-8-10-12-14-16-18-20-22-24-26-28-30-32-33-34-35-36-37-38-39-40-41-42-43-44-45-46-47-49-51-53-55-57-59-61-63-65-67-69-71-73-80(83)89-78(77-88-90(84,85)87-75-74-81(3,4)5)76-86-79(82)72-70-68-66-64-62-60-58-56-54-52-50-48-31-29-27-25-23-21-19-17-15-13-11-9-7-2/h8,10,14,16,19-22,25-28,32-33,35-36,38-39,41-42,78H,6-7,9,11-13,15,17-18,23-24,29-31,34,37,40,43-77H2,1-5H3/p+1/b10-8-,16-14-,21-19-,22-20-,27-25-,28-26-,33-32-,36-35-,39-38-,42-41-. The summed E-state index contributed by atoms with van der Waals surface area (Å²) in [6, 6.07) is 0. The molecule has 0 spiro atoms. The van der Waals surface area contributed by atoms with Gasteiger partial charge in [0.05, 0.1) is 27.7 Å². The molecular weight excluding hydrogens is 1130 g/mol. The van der Waals surface area contributed by atoms with Crippen molar-refractivity contribution in [2.45, 2.75) is 328 Å². The normalized spacial score (nSPS) is 13.8. The van der Waals surface area contributed by atoms with Gasteiger partial charge in [0, 0.05) is 12.8 Å². The SMILES string of the molecule is CC/C=C\C/C=C\C/C=C\C/C=C\C/C=C\C/C=C\C/C=C\C/C=C\CCCCCCCCCCCCCCCCCCC(=O)OC(COC(=O)CCCCCCCCCCCCCCC/C=C\C/C=C\CCCCCCC)COP(=O)(O)OCC[N+](C)(C)C. The second kappa shape index (κ2) is 69.7. The smallest absolute Gasteiger partial charge is 0.462 e. The van der Waals surface area contributed by atoms with Crippen molar-refractivity contribution in [3.05, 3.63) is 122 Å². The number of likely N-dealkylation sites (N-methyl/N-ethyl adjacent to an activating group) is 1. The van der Waals surface area contributed by atoms with Gasteiger partial charge >= 0.3 is 19.8 Å². The summed E-state index contributed by atoms with van der Waals surface area (Å²) in [6.07, 6.45) is 100. The first-order valence-electron chi connectivity index (χ1n) is 37.3. The Morgan fingerprint density at radius 2 is 0.633 bits per heavy atom. The molecule has 0 saturated heterocycles. The van der Waals surface area contributed by atoms with E-state index >= 15 is 0 Å². The number of hydrogen-bond acceptors (Lipinski definition) is 7. The summed E-state index contributed by atoms with van der Waals surface area (Å²) in [5.74, 6) is -0.791. The highest BCUT2D eigenvalue weighted by Crippen LogP contribution is 2.43. The number of allylic oxidation sites excluding steroid dienone is 20. The number of rotatable bonds is 68. The molecule has 0 aliphatic heterocycles. The number of esters is 2. The molecule has 518 valence electrons. The number of unbranched alkanes of at least 4 members (excludes halogenated alkanes) is 34. The maximum absolute atomic E-state index is 12.9. The zero-order valence-electron chi connectivity index (χ0n) is 59.1. The van der Waals surface area contributed by atoms with E-state index in [1.807, 2.05) is 21.1 Å². The van der Waals surface area contributed by atoms with Crippen molar-refractivity contribution in [2.75, 3.05) is 47.5 Å². The van der Waals surface area contributed by atoms with Gasteiger partial charge in [-0.2, -0.15) is 0 Å². The van der Waals surface area contributed by atoms with E-state index in [1.165, 1.54) is 193 Å². The number of phosphoric acid groups is 1. The van der Waals surface area contributed by atoms with Crippen LogP contribution in [-0.4, -0.2) is 74.9 Å². The van der Waals surface area contributed by atoms with E-state index in [9.17, 15) is 19.0 Å². The highest BCUT2D eigenvalue weighted by atomic mass is 31.2. The van der Waals surface area contributed by atoms with Crippen LogP contribution < -0.4 is 0 Å². The van der Waals surface area contributed by atoms with Crippen LogP contribution in [0.4, 0.5) is 0 Å². The minimum atomic E-state index is -4.40. The minimum Gasteiger partial charge on any atom is -0.462 e. The van der Waals surface area contributed by atoms with Crippen LogP contribution in [-0.2, 0) is 32.7 Å². The molecule has 2 unspecified atom stereocenters.